The first-order chi connectivity index (χ1) is 13.4. The summed E-state index contributed by atoms with van der Waals surface area (Å²) < 4.78 is 5.74. The topological polar surface area (TPSA) is 66.5 Å². The Morgan fingerprint density at radius 2 is 1.89 bits per heavy atom. The summed E-state index contributed by atoms with van der Waals surface area (Å²) in [5, 5.41) is 6.95. The van der Waals surface area contributed by atoms with Crippen LogP contribution in [-0.2, 0) is 11.3 Å². The van der Waals surface area contributed by atoms with E-state index in [-0.39, 0.29) is 22.4 Å². The predicted octanol–water partition coefficient (Wildman–Crippen LogP) is 4.72. The summed E-state index contributed by atoms with van der Waals surface area (Å²) in [6, 6.07) is 8.27. The summed E-state index contributed by atoms with van der Waals surface area (Å²) in [4.78, 5) is 18.2. The van der Waals surface area contributed by atoms with Gasteiger partial charge in [-0.1, -0.05) is 52.5 Å². The van der Waals surface area contributed by atoms with E-state index in [0.717, 1.165) is 18.7 Å². The molecule has 0 radical (unpaired) electrons. The van der Waals surface area contributed by atoms with Crippen molar-refractivity contribution < 1.29 is 9.53 Å². The highest BCUT2D eigenvalue weighted by molar-refractivity contribution is 6.42. The van der Waals surface area contributed by atoms with Crippen LogP contribution in [-0.4, -0.2) is 48.3 Å². The Kier molecular flexibility index (Phi) is 7.62. The zero-order valence-corrected chi connectivity index (χ0v) is 17.7. The fourth-order valence-electron chi connectivity index (χ4n) is 2.86. The number of pyridine rings is 1. The number of aromatic nitrogens is 1. The Balaban J connectivity index is 1.47. The molecule has 0 spiro atoms. The normalized spacial score (nSPS) is 17.4. The summed E-state index contributed by atoms with van der Waals surface area (Å²) in [5.74, 6) is 0. The second-order valence-corrected chi connectivity index (χ2v) is 7.90. The molecule has 10 heteroatoms. The van der Waals surface area contributed by atoms with E-state index in [2.05, 4.69) is 20.5 Å². The molecule has 0 saturated carbocycles. The molecule has 1 unspecified atom stereocenters. The molecular formula is C18H18Cl4N4O2. The molecule has 1 saturated heterocycles. The molecule has 1 aromatic carbocycles. The number of amides is 2. The molecule has 2 amide bonds. The number of hydrogen-bond donors (Lipinski definition) is 2. The highest BCUT2D eigenvalue weighted by Crippen LogP contribution is 2.23. The van der Waals surface area contributed by atoms with Gasteiger partial charge in [-0.2, -0.15) is 0 Å². The number of rotatable bonds is 5. The third-order valence-corrected chi connectivity index (χ3v) is 5.25. The standard InChI is InChI=1S/C18H18Cl4N4O2/c19-14-2-1-11(5-15(14)20)9-26-3-4-28-13(10-26)8-23-18(27)24-12-6-16(21)25-17(22)7-12/h1-2,5-7,13H,3-4,8-10H2,(H2,23,24,25,27). The van der Waals surface area contributed by atoms with Crippen LogP contribution in [0.4, 0.5) is 10.5 Å². The summed E-state index contributed by atoms with van der Waals surface area (Å²) in [5.41, 5.74) is 1.54. The Morgan fingerprint density at radius 3 is 2.61 bits per heavy atom. The molecule has 0 aliphatic carbocycles. The number of anilines is 1. The van der Waals surface area contributed by atoms with Crippen LogP contribution in [0.25, 0.3) is 0 Å². The van der Waals surface area contributed by atoms with Crippen molar-refractivity contribution in [1.29, 1.82) is 0 Å². The van der Waals surface area contributed by atoms with E-state index in [1.807, 2.05) is 12.1 Å². The number of carbonyl (C=O) groups is 1. The van der Waals surface area contributed by atoms with E-state index in [0.29, 0.717) is 35.4 Å². The van der Waals surface area contributed by atoms with Gasteiger partial charge in [0.15, 0.2) is 0 Å². The van der Waals surface area contributed by atoms with Gasteiger partial charge >= 0.3 is 6.03 Å². The van der Waals surface area contributed by atoms with E-state index in [1.165, 1.54) is 12.1 Å². The van der Waals surface area contributed by atoms with Crippen molar-refractivity contribution in [3.05, 3.63) is 56.2 Å². The average Bonchev–Trinajstić information content (AvgIpc) is 2.63. The van der Waals surface area contributed by atoms with Crippen LogP contribution < -0.4 is 10.6 Å². The molecule has 2 aromatic rings. The maximum absolute atomic E-state index is 12.1. The highest BCUT2D eigenvalue weighted by Gasteiger charge is 2.21. The van der Waals surface area contributed by atoms with Crippen molar-refractivity contribution in [3.63, 3.8) is 0 Å². The van der Waals surface area contributed by atoms with E-state index in [1.54, 1.807) is 6.07 Å². The van der Waals surface area contributed by atoms with Gasteiger partial charge in [0, 0.05) is 31.9 Å². The second kappa shape index (κ2) is 9.96. The molecule has 1 aliphatic rings. The number of morpholine rings is 1. The lowest BCUT2D eigenvalue weighted by Gasteiger charge is -2.33. The lowest BCUT2D eigenvalue weighted by molar-refractivity contribution is -0.0285. The number of benzene rings is 1. The minimum Gasteiger partial charge on any atom is -0.374 e. The first-order valence-electron chi connectivity index (χ1n) is 8.55. The van der Waals surface area contributed by atoms with Gasteiger partial charge in [-0.15, -0.1) is 0 Å². The molecule has 28 heavy (non-hydrogen) atoms. The van der Waals surface area contributed by atoms with Crippen LogP contribution in [0.2, 0.25) is 20.4 Å². The molecule has 1 fully saturated rings. The first-order valence-corrected chi connectivity index (χ1v) is 10.1. The van der Waals surface area contributed by atoms with Gasteiger partial charge in [0.25, 0.3) is 0 Å². The summed E-state index contributed by atoms with van der Waals surface area (Å²) in [6.45, 7) is 3.18. The summed E-state index contributed by atoms with van der Waals surface area (Å²) in [6.07, 6.45) is -0.119. The highest BCUT2D eigenvalue weighted by atomic mass is 35.5. The predicted molar refractivity (Wildman–Crippen MR) is 113 cm³/mol. The van der Waals surface area contributed by atoms with Gasteiger partial charge in [0.2, 0.25) is 0 Å². The molecule has 2 heterocycles. The van der Waals surface area contributed by atoms with E-state index < -0.39 is 0 Å². The molecule has 150 valence electrons. The Hall–Kier alpha value is -1.28. The Bertz CT molecular complexity index is 832. The Morgan fingerprint density at radius 1 is 1.14 bits per heavy atom. The fourth-order valence-corrected chi connectivity index (χ4v) is 3.64. The van der Waals surface area contributed by atoms with Crippen LogP contribution in [0, 0.1) is 0 Å². The van der Waals surface area contributed by atoms with Crippen LogP contribution in [0.1, 0.15) is 5.56 Å². The van der Waals surface area contributed by atoms with Crippen LogP contribution >= 0.6 is 46.4 Å². The molecule has 6 nitrogen and oxygen atoms in total. The fraction of sp³-hybridized carbons (Fsp3) is 0.333. The molecule has 3 rings (SSSR count). The van der Waals surface area contributed by atoms with Crippen molar-refractivity contribution in [3.8, 4) is 0 Å². The molecule has 0 bridgehead atoms. The van der Waals surface area contributed by atoms with Crippen LogP contribution in [0.5, 0.6) is 0 Å². The summed E-state index contributed by atoms with van der Waals surface area (Å²) in [7, 11) is 0. The maximum Gasteiger partial charge on any atom is 0.319 e. The van der Waals surface area contributed by atoms with Gasteiger partial charge in [-0.25, -0.2) is 9.78 Å². The van der Waals surface area contributed by atoms with Crippen molar-refractivity contribution in [2.24, 2.45) is 0 Å². The van der Waals surface area contributed by atoms with Crippen LogP contribution in [0.15, 0.2) is 30.3 Å². The number of nitrogens with zero attached hydrogens (tertiary/aromatic N) is 2. The number of hydrogen-bond acceptors (Lipinski definition) is 4. The number of urea groups is 1. The summed E-state index contributed by atoms with van der Waals surface area (Å²) >= 11 is 23.7. The quantitative estimate of drug-likeness (QED) is 0.629. The lowest BCUT2D eigenvalue weighted by atomic mass is 10.2. The zero-order valence-electron chi connectivity index (χ0n) is 14.7. The van der Waals surface area contributed by atoms with Crippen molar-refractivity contribution in [2.75, 3.05) is 31.6 Å². The lowest BCUT2D eigenvalue weighted by Crippen LogP contribution is -2.47. The Labute approximate surface area is 183 Å². The number of nitrogens with one attached hydrogen (secondary N) is 2. The number of halogens is 4. The van der Waals surface area contributed by atoms with E-state index >= 15 is 0 Å². The SMILES string of the molecule is O=C(NCC1CN(Cc2ccc(Cl)c(Cl)c2)CCO1)Nc1cc(Cl)nc(Cl)c1. The average molecular weight is 464 g/mol. The minimum absolute atomic E-state index is 0.119. The smallest absolute Gasteiger partial charge is 0.319 e. The minimum atomic E-state index is -0.372. The van der Waals surface area contributed by atoms with Gasteiger partial charge in [0.05, 0.1) is 22.8 Å². The van der Waals surface area contributed by atoms with Gasteiger partial charge in [-0.3, -0.25) is 4.90 Å². The number of ether oxygens (including phenoxy) is 1. The largest absolute Gasteiger partial charge is 0.374 e. The molecule has 1 aromatic heterocycles. The zero-order chi connectivity index (χ0) is 20.1. The van der Waals surface area contributed by atoms with E-state index in [4.69, 9.17) is 51.1 Å². The molecular weight excluding hydrogens is 446 g/mol. The van der Waals surface area contributed by atoms with Gasteiger partial charge in [0.1, 0.15) is 10.3 Å². The van der Waals surface area contributed by atoms with Gasteiger partial charge in [-0.05, 0) is 29.8 Å². The number of carbonyl (C=O) groups excluding carboxylic acids is 1. The maximum atomic E-state index is 12.1. The second-order valence-electron chi connectivity index (χ2n) is 6.31. The first kappa shape index (κ1) is 21.4. The van der Waals surface area contributed by atoms with Gasteiger partial charge < -0.3 is 15.4 Å². The van der Waals surface area contributed by atoms with Crippen molar-refractivity contribution >= 4 is 58.1 Å². The third-order valence-electron chi connectivity index (χ3n) is 4.12. The molecule has 1 aliphatic heterocycles. The van der Waals surface area contributed by atoms with Crippen molar-refractivity contribution in [2.45, 2.75) is 12.6 Å². The van der Waals surface area contributed by atoms with Crippen molar-refractivity contribution in [1.82, 2.24) is 15.2 Å². The molecule has 2 N–H and O–H groups in total. The third kappa shape index (κ3) is 6.37. The van der Waals surface area contributed by atoms with Crippen LogP contribution in [0.3, 0.4) is 0 Å². The molecule has 1 atom stereocenters. The monoisotopic (exact) mass is 462 g/mol. The van der Waals surface area contributed by atoms with E-state index in [9.17, 15) is 4.79 Å².